The molecule has 106 valence electrons. The SMILES string of the molecule is CN(CC(=O)NCC(F)(F)F)C(=O)C(C)(C)CCl. The summed E-state index contributed by atoms with van der Waals surface area (Å²) in [5, 5.41) is 1.69. The minimum atomic E-state index is -4.46. The number of nitrogens with zero attached hydrogens (tertiary/aromatic N) is 1. The Balaban J connectivity index is 4.28. The van der Waals surface area contributed by atoms with E-state index in [4.69, 9.17) is 11.6 Å². The van der Waals surface area contributed by atoms with E-state index in [1.54, 1.807) is 19.2 Å². The summed E-state index contributed by atoms with van der Waals surface area (Å²) in [5.74, 6) is -1.21. The molecule has 2 amide bonds. The van der Waals surface area contributed by atoms with Crippen LogP contribution in [0.2, 0.25) is 0 Å². The average molecular weight is 289 g/mol. The van der Waals surface area contributed by atoms with E-state index in [1.807, 2.05) is 0 Å². The first-order valence-corrected chi connectivity index (χ1v) is 5.68. The Labute approximate surface area is 108 Å². The molecule has 0 bridgehead atoms. The van der Waals surface area contributed by atoms with Gasteiger partial charge in [-0.1, -0.05) is 0 Å². The summed E-state index contributed by atoms with van der Waals surface area (Å²) in [6.45, 7) is 1.33. The van der Waals surface area contributed by atoms with E-state index in [0.29, 0.717) is 0 Å². The van der Waals surface area contributed by atoms with Crippen LogP contribution in [0.25, 0.3) is 0 Å². The second kappa shape index (κ2) is 6.26. The van der Waals surface area contributed by atoms with Crippen LogP contribution in [0.3, 0.4) is 0 Å². The fourth-order valence-electron chi connectivity index (χ4n) is 1.12. The topological polar surface area (TPSA) is 49.4 Å². The summed E-state index contributed by atoms with van der Waals surface area (Å²) in [5.41, 5.74) is -0.861. The van der Waals surface area contributed by atoms with Crippen LogP contribution < -0.4 is 5.32 Å². The number of amides is 2. The summed E-state index contributed by atoms with van der Waals surface area (Å²) in [4.78, 5) is 24.0. The van der Waals surface area contributed by atoms with Gasteiger partial charge in [0.1, 0.15) is 6.54 Å². The summed E-state index contributed by atoms with van der Waals surface area (Å²) in [6.07, 6.45) is -4.46. The van der Waals surface area contributed by atoms with Crippen LogP contribution in [0, 0.1) is 5.41 Å². The molecule has 0 spiro atoms. The van der Waals surface area contributed by atoms with E-state index in [1.165, 1.54) is 7.05 Å². The fraction of sp³-hybridized carbons (Fsp3) is 0.800. The molecule has 0 unspecified atom stereocenters. The van der Waals surface area contributed by atoms with Crippen LogP contribution in [0.5, 0.6) is 0 Å². The Bertz CT molecular complexity index is 319. The number of hydrogen-bond donors (Lipinski definition) is 1. The predicted octanol–water partition coefficient (Wildman–Crippen LogP) is 1.39. The van der Waals surface area contributed by atoms with Gasteiger partial charge in [-0.2, -0.15) is 13.2 Å². The number of carbonyl (C=O) groups excluding carboxylic acids is 2. The van der Waals surface area contributed by atoms with Crippen LogP contribution in [0.4, 0.5) is 13.2 Å². The van der Waals surface area contributed by atoms with E-state index in [9.17, 15) is 22.8 Å². The number of rotatable bonds is 5. The molecule has 0 aromatic heterocycles. The van der Waals surface area contributed by atoms with Crippen molar-refractivity contribution in [2.75, 3.05) is 26.0 Å². The van der Waals surface area contributed by atoms with Crippen LogP contribution in [0.15, 0.2) is 0 Å². The van der Waals surface area contributed by atoms with Gasteiger partial charge in [0.15, 0.2) is 0 Å². The minimum absolute atomic E-state index is 0.0559. The van der Waals surface area contributed by atoms with Crippen LogP contribution in [-0.2, 0) is 9.59 Å². The molecule has 0 aliphatic rings. The Hall–Kier alpha value is -0.980. The number of alkyl halides is 4. The van der Waals surface area contributed by atoms with Gasteiger partial charge < -0.3 is 10.2 Å². The number of halogens is 4. The minimum Gasteiger partial charge on any atom is -0.345 e. The Kier molecular flexibility index (Phi) is 5.92. The molecule has 0 aromatic carbocycles. The molecule has 0 saturated heterocycles. The zero-order valence-corrected chi connectivity index (χ0v) is 11.2. The van der Waals surface area contributed by atoms with Crippen molar-refractivity contribution in [3.8, 4) is 0 Å². The second-order valence-electron chi connectivity index (χ2n) is 4.57. The molecule has 0 aromatic rings. The van der Waals surface area contributed by atoms with Crippen LogP contribution in [-0.4, -0.2) is 48.9 Å². The Morgan fingerprint density at radius 1 is 1.28 bits per heavy atom. The van der Waals surface area contributed by atoms with Crippen molar-refractivity contribution in [1.82, 2.24) is 10.2 Å². The van der Waals surface area contributed by atoms with Gasteiger partial charge >= 0.3 is 6.18 Å². The molecule has 0 aliphatic heterocycles. The van der Waals surface area contributed by atoms with E-state index in [2.05, 4.69) is 0 Å². The molecule has 8 heteroatoms. The lowest BCUT2D eigenvalue weighted by atomic mass is 9.94. The quantitative estimate of drug-likeness (QED) is 0.777. The maximum Gasteiger partial charge on any atom is 0.405 e. The number of likely N-dealkylation sites (N-methyl/N-ethyl adjacent to an activating group) is 1. The van der Waals surface area contributed by atoms with Gasteiger partial charge in [-0.3, -0.25) is 9.59 Å². The molecule has 18 heavy (non-hydrogen) atoms. The smallest absolute Gasteiger partial charge is 0.345 e. The maximum absolute atomic E-state index is 11.8. The highest BCUT2D eigenvalue weighted by Gasteiger charge is 2.31. The van der Waals surface area contributed by atoms with Crippen LogP contribution in [0.1, 0.15) is 13.8 Å². The lowest BCUT2D eigenvalue weighted by molar-refractivity contribution is -0.144. The van der Waals surface area contributed by atoms with Gasteiger partial charge in [0.25, 0.3) is 0 Å². The Morgan fingerprint density at radius 2 is 1.78 bits per heavy atom. The first-order chi connectivity index (χ1) is 7.99. The van der Waals surface area contributed by atoms with Gasteiger partial charge in [-0.25, -0.2) is 0 Å². The van der Waals surface area contributed by atoms with Crippen molar-refractivity contribution in [1.29, 1.82) is 0 Å². The van der Waals surface area contributed by atoms with E-state index >= 15 is 0 Å². The van der Waals surface area contributed by atoms with Crippen molar-refractivity contribution < 1.29 is 22.8 Å². The standard InChI is InChI=1S/C10H16ClF3N2O2/c1-9(2,5-11)8(18)16(3)4-7(17)15-6-10(12,13)14/h4-6H2,1-3H3,(H,15,17). The predicted molar refractivity (Wildman–Crippen MR) is 61.2 cm³/mol. The normalized spacial score (nSPS) is 12.2. The molecular weight excluding hydrogens is 273 g/mol. The van der Waals surface area contributed by atoms with Gasteiger partial charge in [0.05, 0.1) is 12.0 Å². The van der Waals surface area contributed by atoms with Gasteiger partial charge in [-0.15, -0.1) is 11.6 Å². The fourth-order valence-corrected chi connectivity index (χ4v) is 1.23. The first kappa shape index (κ1) is 17.0. The van der Waals surface area contributed by atoms with E-state index < -0.39 is 36.5 Å². The summed E-state index contributed by atoms with van der Waals surface area (Å²) >= 11 is 5.59. The van der Waals surface area contributed by atoms with E-state index in [0.717, 1.165) is 4.90 Å². The van der Waals surface area contributed by atoms with Crippen molar-refractivity contribution in [3.05, 3.63) is 0 Å². The molecule has 0 rings (SSSR count). The average Bonchev–Trinajstić information content (AvgIpc) is 2.24. The molecule has 4 nitrogen and oxygen atoms in total. The molecular formula is C10H16ClF3N2O2. The molecule has 0 aliphatic carbocycles. The Morgan fingerprint density at radius 3 is 2.17 bits per heavy atom. The van der Waals surface area contributed by atoms with Crippen molar-refractivity contribution in [3.63, 3.8) is 0 Å². The zero-order valence-electron chi connectivity index (χ0n) is 10.4. The lowest BCUT2D eigenvalue weighted by Gasteiger charge is -2.27. The van der Waals surface area contributed by atoms with Crippen molar-refractivity contribution >= 4 is 23.4 Å². The molecule has 0 atom stereocenters. The number of carbonyl (C=O) groups is 2. The first-order valence-electron chi connectivity index (χ1n) is 5.14. The molecule has 1 N–H and O–H groups in total. The maximum atomic E-state index is 11.8. The van der Waals surface area contributed by atoms with Crippen molar-refractivity contribution in [2.24, 2.45) is 5.41 Å². The van der Waals surface area contributed by atoms with Crippen LogP contribution >= 0.6 is 11.6 Å². The zero-order chi connectivity index (χ0) is 14.6. The second-order valence-corrected chi connectivity index (χ2v) is 4.84. The largest absolute Gasteiger partial charge is 0.405 e. The molecule has 0 radical (unpaired) electrons. The third kappa shape index (κ3) is 6.09. The van der Waals surface area contributed by atoms with Crippen molar-refractivity contribution in [2.45, 2.75) is 20.0 Å². The molecule has 0 saturated carbocycles. The summed E-state index contributed by atoms with van der Waals surface area (Å²) in [6, 6.07) is 0. The monoisotopic (exact) mass is 288 g/mol. The summed E-state index contributed by atoms with van der Waals surface area (Å²) in [7, 11) is 1.34. The third-order valence-corrected chi connectivity index (χ3v) is 2.79. The number of hydrogen-bond acceptors (Lipinski definition) is 2. The molecule has 0 fully saturated rings. The van der Waals surface area contributed by atoms with E-state index in [-0.39, 0.29) is 5.88 Å². The highest BCUT2D eigenvalue weighted by atomic mass is 35.5. The summed E-state index contributed by atoms with van der Waals surface area (Å²) < 4.78 is 35.5. The highest BCUT2D eigenvalue weighted by molar-refractivity contribution is 6.19. The lowest BCUT2D eigenvalue weighted by Crippen LogP contribution is -2.46. The highest BCUT2D eigenvalue weighted by Crippen LogP contribution is 2.19. The van der Waals surface area contributed by atoms with Gasteiger partial charge in [0, 0.05) is 12.9 Å². The molecule has 0 heterocycles. The van der Waals surface area contributed by atoms with Gasteiger partial charge in [-0.05, 0) is 13.8 Å². The third-order valence-electron chi connectivity index (χ3n) is 2.13. The van der Waals surface area contributed by atoms with Gasteiger partial charge in [0.2, 0.25) is 11.8 Å². The number of nitrogens with one attached hydrogen (secondary N) is 1.